The highest BCUT2D eigenvalue weighted by atomic mass is 15.6. The Balaban J connectivity index is 0.904. The maximum atomic E-state index is 3.09. The standard InChI is InChI=1S/C60H72N14/c1-8-61-23-19-36-38-44-40-46-42-48-43-47-41-45-39-37(20-24-62(9-2)56(39)64(11-4)58(41)66(13-6)60(43)67(14-7)59(42)65(12-5)57(40)63(10-3)55(38)61)69-22-16-18-31-26-33-28-35-29-34-27-32-25-30-17-15-21-68(36)49(30)70(44)51(32)72(46)53(34)74(48)54(35)73(47)52(33)71(45)50(31)69/h36-37,44-48H,8-29H2,1-7H3. The quantitative estimate of drug-likeness (QED) is 0.263. The van der Waals surface area contributed by atoms with E-state index in [0.717, 1.165) is 91.0 Å². The number of nitrogens with zero attached hydrogens (tertiary/aromatic N) is 14. The molecule has 20 aliphatic rings. The van der Waals surface area contributed by atoms with Gasteiger partial charge in [-0.1, -0.05) is 0 Å². The van der Waals surface area contributed by atoms with Crippen LogP contribution in [0, 0.1) is 0 Å². The molecule has 0 amide bonds. The van der Waals surface area contributed by atoms with E-state index < -0.39 is 0 Å². The SMILES string of the molecule is CCN1CCC2C3=C1N(CC)C1=C4C3N3C5=C(CCCN52)CC2=C3N3C5=C(C2)CC2=C6N7C8=C(CC9=C%10N(CCC9)C9CCN(CC)C%11=C9C(C9=C(N%11CC)N(CC)C%11=C(C97)C(C(=C(N1CC)N%11CC)C43)N56)N%108)C2. The molecule has 0 aliphatic carbocycles. The maximum Gasteiger partial charge on any atom is 0.119 e. The summed E-state index contributed by atoms with van der Waals surface area (Å²) in [6.07, 6.45) is 13.1. The Morgan fingerprint density at radius 3 is 0.919 bits per heavy atom. The van der Waals surface area contributed by atoms with Crippen molar-refractivity contribution in [2.45, 2.75) is 161 Å². The van der Waals surface area contributed by atoms with Crippen molar-refractivity contribution < 1.29 is 0 Å². The minimum absolute atomic E-state index is 0.148. The third-order valence-electron chi connectivity index (χ3n) is 22.7. The zero-order valence-corrected chi connectivity index (χ0v) is 44.9. The molecule has 20 rings (SSSR count). The zero-order chi connectivity index (χ0) is 48.5. The molecule has 0 bridgehead atoms. The first kappa shape index (κ1) is 40.4. The van der Waals surface area contributed by atoms with E-state index in [-0.39, 0.29) is 30.2 Å². The van der Waals surface area contributed by atoms with Crippen molar-refractivity contribution in [2.24, 2.45) is 0 Å². The Hall–Kier alpha value is -5.92. The van der Waals surface area contributed by atoms with Crippen molar-refractivity contribution in [3.63, 3.8) is 0 Å². The van der Waals surface area contributed by atoms with Crippen molar-refractivity contribution in [3.05, 3.63) is 137 Å². The van der Waals surface area contributed by atoms with Gasteiger partial charge in [-0.15, -0.1) is 0 Å². The van der Waals surface area contributed by atoms with Gasteiger partial charge in [-0.2, -0.15) is 0 Å². The molecule has 6 atom stereocenters. The lowest BCUT2D eigenvalue weighted by Gasteiger charge is -2.75. The van der Waals surface area contributed by atoms with E-state index in [1.807, 2.05) is 0 Å². The Labute approximate surface area is 437 Å². The third-order valence-corrected chi connectivity index (χ3v) is 22.7. The van der Waals surface area contributed by atoms with Crippen molar-refractivity contribution in [3.8, 4) is 0 Å². The molecular formula is C60H72N14. The number of hydrogen-bond donors (Lipinski definition) is 0. The molecule has 14 nitrogen and oxygen atoms in total. The zero-order valence-electron chi connectivity index (χ0n) is 44.9. The Kier molecular flexibility index (Phi) is 7.01. The highest BCUT2D eigenvalue weighted by molar-refractivity contribution is 5.72. The summed E-state index contributed by atoms with van der Waals surface area (Å²) in [6, 6.07) is 1.87. The topological polar surface area (TPSA) is 45.4 Å². The van der Waals surface area contributed by atoms with Crippen LogP contribution in [0.15, 0.2) is 137 Å². The fraction of sp³-hybridized carbons (Fsp3) is 0.600. The molecule has 6 saturated heterocycles. The van der Waals surface area contributed by atoms with E-state index >= 15 is 0 Å². The van der Waals surface area contributed by atoms with Crippen LogP contribution in [0.1, 0.15) is 119 Å². The Bertz CT molecular complexity index is 3110. The van der Waals surface area contributed by atoms with Gasteiger partial charge in [0.15, 0.2) is 0 Å². The largest absolute Gasteiger partial charge is 0.358 e. The van der Waals surface area contributed by atoms with Gasteiger partial charge in [-0.25, -0.2) is 0 Å². The number of fused-ring (bicyclic) bond motifs is 2. The van der Waals surface area contributed by atoms with Crippen molar-refractivity contribution in [1.29, 1.82) is 0 Å². The molecule has 0 N–H and O–H groups in total. The first-order chi connectivity index (χ1) is 36.5. The van der Waals surface area contributed by atoms with Crippen molar-refractivity contribution >= 4 is 0 Å². The smallest absolute Gasteiger partial charge is 0.119 e. The van der Waals surface area contributed by atoms with Gasteiger partial charge in [0, 0.05) is 105 Å². The highest BCUT2D eigenvalue weighted by Crippen LogP contribution is 2.71. The van der Waals surface area contributed by atoms with Gasteiger partial charge in [-0.05, 0) is 153 Å². The van der Waals surface area contributed by atoms with Gasteiger partial charge >= 0.3 is 0 Å². The molecule has 0 aromatic carbocycles. The fourth-order valence-corrected chi connectivity index (χ4v) is 20.9. The van der Waals surface area contributed by atoms with E-state index in [9.17, 15) is 0 Å². The molecule has 20 heterocycles. The Morgan fingerprint density at radius 1 is 0.297 bits per heavy atom. The van der Waals surface area contributed by atoms with E-state index in [2.05, 4.69) is 117 Å². The summed E-state index contributed by atoms with van der Waals surface area (Å²) in [5.74, 6) is 18.6. The van der Waals surface area contributed by atoms with Gasteiger partial charge in [0.2, 0.25) is 0 Å². The molecule has 0 saturated carbocycles. The van der Waals surface area contributed by atoms with Crippen LogP contribution in [0.25, 0.3) is 0 Å². The normalized spacial score (nSPS) is 35.0. The third kappa shape index (κ3) is 3.84. The lowest BCUT2D eigenvalue weighted by atomic mass is 9.63. The lowest BCUT2D eigenvalue weighted by Crippen LogP contribution is -2.78. The summed E-state index contributed by atoms with van der Waals surface area (Å²) in [5.41, 5.74) is 20.5. The van der Waals surface area contributed by atoms with Crippen LogP contribution in [-0.2, 0) is 0 Å². The van der Waals surface area contributed by atoms with Crippen LogP contribution in [0.5, 0.6) is 0 Å². The van der Waals surface area contributed by atoms with Crippen LogP contribution < -0.4 is 0 Å². The minimum atomic E-state index is 0.148. The molecule has 14 heteroatoms. The average Bonchev–Trinajstić information content (AvgIpc) is 3.62. The van der Waals surface area contributed by atoms with Crippen LogP contribution >= 0.6 is 0 Å². The lowest BCUT2D eigenvalue weighted by molar-refractivity contribution is -0.0350. The van der Waals surface area contributed by atoms with Gasteiger partial charge in [0.1, 0.15) is 69.9 Å². The van der Waals surface area contributed by atoms with E-state index in [4.69, 9.17) is 0 Å². The van der Waals surface area contributed by atoms with Crippen molar-refractivity contribution in [2.75, 3.05) is 72.0 Å². The number of rotatable bonds is 7. The summed E-state index contributed by atoms with van der Waals surface area (Å²) in [7, 11) is 0. The monoisotopic (exact) mass is 989 g/mol. The molecule has 0 aromatic rings. The highest BCUT2D eigenvalue weighted by Gasteiger charge is 2.73. The number of hydrogen-bond acceptors (Lipinski definition) is 14. The second kappa shape index (κ2) is 12.8. The molecule has 0 aromatic heterocycles. The van der Waals surface area contributed by atoms with Crippen LogP contribution in [0.3, 0.4) is 0 Å². The molecule has 6 fully saturated rings. The van der Waals surface area contributed by atoms with E-state index in [1.54, 1.807) is 113 Å². The average molecular weight is 989 g/mol. The first-order valence-corrected chi connectivity index (χ1v) is 30.1. The maximum absolute atomic E-state index is 3.09. The van der Waals surface area contributed by atoms with Crippen molar-refractivity contribution in [1.82, 2.24) is 68.6 Å². The molecule has 0 spiro atoms. The van der Waals surface area contributed by atoms with Crippen LogP contribution in [0.2, 0.25) is 0 Å². The summed E-state index contributed by atoms with van der Waals surface area (Å²) in [5, 5.41) is 0. The van der Waals surface area contributed by atoms with E-state index in [1.165, 1.54) is 74.9 Å². The molecule has 74 heavy (non-hydrogen) atoms. The predicted octanol–water partition coefficient (Wildman–Crippen LogP) is 7.04. The van der Waals surface area contributed by atoms with Crippen LogP contribution in [-0.4, -0.2) is 183 Å². The fourth-order valence-electron chi connectivity index (χ4n) is 20.9. The van der Waals surface area contributed by atoms with Gasteiger partial charge < -0.3 is 68.6 Å². The molecule has 6 unspecified atom stereocenters. The van der Waals surface area contributed by atoms with Gasteiger partial charge in [0.25, 0.3) is 0 Å². The first-order valence-electron chi connectivity index (χ1n) is 30.1. The number of allylic oxidation sites excluding steroid dienone is 6. The minimum Gasteiger partial charge on any atom is -0.358 e. The molecule has 382 valence electrons. The summed E-state index contributed by atoms with van der Waals surface area (Å²) in [6.45, 7) is 28.7. The van der Waals surface area contributed by atoms with Gasteiger partial charge in [-0.3, -0.25) is 0 Å². The summed E-state index contributed by atoms with van der Waals surface area (Å²) >= 11 is 0. The second-order valence-electron chi connectivity index (χ2n) is 25.1. The van der Waals surface area contributed by atoms with Crippen LogP contribution in [0.4, 0.5) is 0 Å². The van der Waals surface area contributed by atoms with E-state index in [0.29, 0.717) is 12.1 Å². The van der Waals surface area contributed by atoms with Gasteiger partial charge in [0.05, 0.1) is 42.3 Å². The molecular weight excluding hydrogens is 917 g/mol. The Morgan fingerprint density at radius 2 is 0.595 bits per heavy atom. The molecule has 20 aliphatic heterocycles. The second-order valence-corrected chi connectivity index (χ2v) is 25.1. The predicted molar refractivity (Wildman–Crippen MR) is 281 cm³/mol. The summed E-state index contributed by atoms with van der Waals surface area (Å²) in [4.78, 5) is 41.4. The summed E-state index contributed by atoms with van der Waals surface area (Å²) < 4.78 is 0. The molecule has 0 radical (unpaired) electrons.